The molecule has 0 bridgehead atoms. The lowest BCUT2D eigenvalue weighted by Crippen LogP contribution is -2.33. The minimum absolute atomic E-state index is 0.103. The van der Waals surface area contributed by atoms with E-state index in [1.165, 1.54) is 6.92 Å². The Bertz CT molecular complexity index is 418. The third-order valence-corrected chi connectivity index (χ3v) is 2.41. The first-order valence-electron chi connectivity index (χ1n) is 5.95. The van der Waals surface area contributed by atoms with Gasteiger partial charge in [0.1, 0.15) is 0 Å². The van der Waals surface area contributed by atoms with Crippen molar-refractivity contribution in [1.29, 1.82) is 0 Å². The summed E-state index contributed by atoms with van der Waals surface area (Å²) in [5.74, 6) is -0.242. The summed E-state index contributed by atoms with van der Waals surface area (Å²) in [6.45, 7) is 2.86. The second kappa shape index (κ2) is 7.45. The maximum atomic E-state index is 11.8. The molecule has 98 valence electrons. The Labute approximate surface area is 107 Å². The van der Waals surface area contributed by atoms with Crippen molar-refractivity contribution in [2.45, 2.75) is 13.3 Å². The molecule has 1 rings (SSSR count). The number of benzene rings is 1. The molecule has 18 heavy (non-hydrogen) atoms. The van der Waals surface area contributed by atoms with E-state index in [-0.39, 0.29) is 11.8 Å². The van der Waals surface area contributed by atoms with Crippen LogP contribution in [0.2, 0.25) is 0 Å². The topological polar surface area (TPSA) is 84.2 Å². The van der Waals surface area contributed by atoms with Crippen LogP contribution < -0.4 is 16.4 Å². The molecule has 0 heterocycles. The highest BCUT2D eigenvalue weighted by atomic mass is 16.2. The van der Waals surface area contributed by atoms with Crippen LogP contribution in [0.25, 0.3) is 0 Å². The van der Waals surface area contributed by atoms with E-state index in [0.29, 0.717) is 25.2 Å². The zero-order valence-electron chi connectivity index (χ0n) is 10.5. The monoisotopic (exact) mass is 249 g/mol. The number of hydrogen-bond acceptors (Lipinski definition) is 3. The van der Waals surface area contributed by atoms with E-state index < -0.39 is 0 Å². The molecular formula is C13H19N3O2. The first kappa shape index (κ1) is 14.2. The maximum Gasteiger partial charge on any atom is 0.251 e. The van der Waals surface area contributed by atoms with Crippen LogP contribution in [0.1, 0.15) is 22.8 Å². The van der Waals surface area contributed by atoms with Gasteiger partial charge in [-0.1, -0.05) is 12.1 Å². The van der Waals surface area contributed by atoms with Gasteiger partial charge in [-0.3, -0.25) is 9.59 Å². The standard InChI is InChI=1S/C13H19N3O2/c1-10(17)15-7-8-16-13(18)12-4-2-3-11(9-12)5-6-14/h2-4,9H,5-8,14H2,1H3,(H,15,17)(H,16,18). The third kappa shape index (κ3) is 4.97. The van der Waals surface area contributed by atoms with E-state index in [1.807, 2.05) is 18.2 Å². The number of amides is 2. The van der Waals surface area contributed by atoms with Gasteiger partial charge in [0.2, 0.25) is 5.91 Å². The summed E-state index contributed by atoms with van der Waals surface area (Å²) >= 11 is 0. The fourth-order valence-corrected chi connectivity index (χ4v) is 1.55. The average Bonchev–Trinajstić information content (AvgIpc) is 2.35. The predicted octanol–water partition coefficient (Wildman–Crippen LogP) is 0.0537. The Morgan fingerprint density at radius 1 is 1.22 bits per heavy atom. The Hall–Kier alpha value is -1.88. The van der Waals surface area contributed by atoms with Crippen molar-refractivity contribution in [3.63, 3.8) is 0 Å². The summed E-state index contributed by atoms with van der Waals surface area (Å²) in [6, 6.07) is 7.38. The molecule has 0 aliphatic carbocycles. The third-order valence-electron chi connectivity index (χ3n) is 2.41. The van der Waals surface area contributed by atoms with Crippen LogP contribution in [0, 0.1) is 0 Å². The van der Waals surface area contributed by atoms with E-state index in [1.54, 1.807) is 6.07 Å². The van der Waals surface area contributed by atoms with Crippen LogP contribution in [0.4, 0.5) is 0 Å². The van der Waals surface area contributed by atoms with Crippen molar-refractivity contribution in [2.75, 3.05) is 19.6 Å². The molecule has 0 atom stereocenters. The lowest BCUT2D eigenvalue weighted by Gasteiger charge is -2.07. The molecule has 5 heteroatoms. The fourth-order valence-electron chi connectivity index (χ4n) is 1.55. The summed E-state index contributed by atoms with van der Waals surface area (Å²) < 4.78 is 0. The molecule has 4 N–H and O–H groups in total. The highest BCUT2D eigenvalue weighted by Crippen LogP contribution is 2.05. The van der Waals surface area contributed by atoms with Crippen molar-refractivity contribution in [3.05, 3.63) is 35.4 Å². The van der Waals surface area contributed by atoms with E-state index in [2.05, 4.69) is 10.6 Å². The van der Waals surface area contributed by atoms with Crippen molar-refractivity contribution < 1.29 is 9.59 Å². The van der Waals surface area contributed by atoms with Gasteiger partial charge in [-0.25, -0.2) is 0 Å². The van der Waals surface area contributed by atoms with E-state index in [9.17, 15) is 9.59 Å². The van der Waals surface area contributed by atoms with Gasteiger partial charge in [-0.15, -0.1) is 0 Å². The van der Waals surface area contributed by atoms with Crippen LogP contribution in [-0.2, 0) is 11.2 Å². The van der Waals surface area contributed by atoms with Crippen LogP contribution in [0.5, 0.6) is 0 Å². The SMILES string of the molecule is CC(=O)NCCNC(=O)c1cccc(CCN)c1. The normalized spacial score (nSPS) is 9.89. The van der Waals surface area contributed by atoms with E-state index in [0.717, 1.165) is 12.0 Å². The summed E-state index contributed by atoms with van der Waals surface area (Å²) in [4.78, 5) is 22.4. The van der Waals surface area contributed by atoms with Crippen molar-refractivity contribution in [2.24, 2.45) is 5.73 Å². The molecule has 0 unspecified atom stereocenters. The van der Waals surface area contributed by atoms with Gasteiger partial charge >= 0.3 is 0 Å². The fraction of sp³-hybridized carbons (Fsp3) is 0.385. The first-order chi connectivity index (χ1) is 8.63. The lowest BCUT2D eigenvalue weighted by atomic mass is 10.1. The summed E-state index contributed by atoms with van der Waals surface area (Å²) in [5.41, 5.74) is 7.14. The minimum Gasteiger partial charge on any atom is -0.355 e. The number of nitrogens with one attached hydrogen (secondary N) is 2. The highest BCUT2D eigenvalue weighted by Gasteiger charge is 2.05. The van der Waals surface area contributed by atoms with Crippen molar-refractivity contribution in [1.82, 2.24) is 10.6 Å². The Morgan fingerprint density at radius 3 is 2.61 bits per heavy atom. The summed E-state index contributed by atoms with van der Waals surface area (Å²) in [5, 5.41) is 5.35. The molecule has 0 aliphatic heterocycles. The largest absolute Gasteiger partial charge is 0.355 e. The Kier molecular flexibility index (Phi) is 5.87. The summed E-state index contributed by atoms with van der Waals surface area (Å²) in [6.07, 6.45) is 0.757. The first-order valence-corrected chi connectivity index (χ1v) is 5.95. The van der Waals surface area contributed by atoms with Crippen LogP contribution in [-0.4, -0.2) is 31.4 Å². The lowest BCUT2D eigenvalue weighted by molar-refractivity contribution is -0.118. The van der Waals surface area contributed by atoms with Gasteiger partial charge in [0.15, 0.2) is 0 Å². The van der Waals surface area contributed by atoms with E-state index in [4.69, 9.17) is 5.73 Å². The number of carbonyl (C=O) groups excluding carboxylic acids is 2. The number of carbonyl (C=O) groups is 2. The Balaban J connectivity index is 2.45. The number of nitrogens with two attached hydrogens (primary N) is 1. The second-order valence-electron chi connectivity index (χ2n) is 3.98. The highest BCUT2D eigenvalue weighted by molar-refractivity contribution is 5.94. The molecule has 1 aromatic carbocycles. The minimum atomic E-state index is -0.140. The van der Waals surface area contributed by atoms with Crippen LogP contribution in [0.15, 0.2) is 24.3 Å². The van der Waals surface area contributed by atoms with Crippen LogP contribution in [0.3, 0.4) is 0 Å². The molecule has 1 aromatic rings. The number of hydrogen-bond donors (Lipinski definition) is 3. The molecule has 0 fully saturated rings. The Morgan fingerprint density at radius 2 is 1.94 bits per heavy atom. The van der Waals surface area contributed by atoms with Gasteiger partial charge in [0.25, 0.3) is 5.91 Å². The van der Waals surface area contributed by atoms with Crippen LogP contribution >= 0.6 is 0 Å². The van der Waals surface area contributed by atoms with Gasteiger partial charge < -0.3 is 16.4 Å². The zero-order chi connectivity index (χ0) is 13.4. The van der Waals surface area contributed by atoms with Gasteiger partial charge in [0, 0.05) is 25.6 Å². The van der Waals surface area contributed by atoms with Gasteiger partial charge in [0.05, 0.1) is 0 Å². The molecule has 0 spiro atoms. The quantitative estimate of drug-likeness (QED) is 0.623. The molecule has 5 nitrogen and oxygen atoms in total. The molecule has 2 amide bonds. The molecular weight excluding hydrogens is 230 g/mol. The van der Waals surface area contributed by atoms with E-state index >= 15 is 0 Å². The molecule has 0 radical (unpaired) electrons. The second-order valence-corrected chi connectivity index (χ2v) is 3.98. The zero-order valence-corrected chi connectivity index (χ0v) is 10.5. The van der Waals surface area contributed by atoms with Crippen molar-refractivity contribution >= 4 is 11.8 Å². The molecule has 0 saturated carbocycles. The number of rotatable bonds is 6. The van der Waals surface area contributed by atoms with Crippen molar-refractivity contribution in [3.8, 4) is 0 Å². The smallest absolute Gasteiger partial charge is 0.251 e. The summed E-state index contributed by atoms with van der Waals surface area (Å²) in [7, 11) is 0. The van der Waals surface area contributed by atoms with Gasteiger partial charge in [-0.2, -0.15) is 0 Å². The maximum absolute atomic E-state index is 11.8. The molecule has 0 aromatic heterocycles. The average molecular weight is 249 g/mol. The molecule has 0 aliphatic rings. The van der Waals surface area contributed by atoms with Gasteiger partial charge in [-0.05, 0) is 30.7 Å². The predicted molar refractivity (Wildman–Crippen MR) is 70.2 cm³/mol. The molecule has 0 saturated heterocycles.